The Kier molecular flexibility index (Phi) is 2.50. The van der Waals surface area contributed by atoms with Crippen LogP contribution in [0.3, 0.4) is 0 Å². The lowest BCUT2D eigenvalue weighted by atomic mass is 10.2. The number of anilines is 2. The van der Waals surface area contributed by atoms with Gasteiger partial charge in [0.05, 0.1) is 11.8 Å². The Balaban J connectivity index is 2.24. The van der Waals surface area contributed by atoms with E-state index in [1.54, 1.807) is 0 Å². The zero-order chi connectivity index (χ0) is 11.5. The number of hydrogen-bond donors (Lipinski definition) is 2. The van der Waals surface area contributed by atoms with Crippen LogP contribution in [0, 0.1) is 5.82 Å². The number of aromatic nitrogens is 2. The summed E-state index contributed by atoms with van der Waals surface area (Å²) in [5.74, 6) is -1.08. The van der Waals surface area contributed by atoms with Gasteiger partial charge in [0, 0.05) is 6.07 Å². The van der Waals surface area contributed by atoms with Crippen molar-refractivity contribution in [2.75, 3.05) is 11.1 Å². The third-order valence-corrected chi connectivity index (χ3v) is 1.81. The van der Waals surface area contributed by atoms with Gasteiger partial charge in [0.25, 0.3) is 5.91 Å². The molecule has 0 radical (unpaired) electrons. The normalized spacial score (nSPS) is 10.1. The molecule has 1 amide bonds. The summed E-state index contributed by atoms with van der Waals surface area (Å²) in [7, 11) is 0. The lowest BCUT2D eigenvalue weighted by Crippen LogP contribution is -2.15. The van der Waals surface area contributed by atoms with Crippen molar-refractivity contribution in [3.05, 3.63) is 36.0 Å². The topological polar surface area (TPSA) is 94.0 Å². The molecular formula is C9H7FN4O2. The molecule has 6 nitrogen and oxygen atoms in total. The third-order valence-electron chi connectivity index (χ3n) is 1.81. The van der Waals surface area contributed by atoms with E-state index in [-0.39, 0.29) is 17.2 Å². The van der Waals surface area contributed by atoms with E-state index in [1.807, 2.05) is 0 Å². The minimum absolute atomic E-state index is 0.0528. The number of halogens is 1. The summed E-state index contributed by atoms with van der Waals surface area (Å²) >= 11 is 0. The molecule has 0 saturated carbocycles. The Hall–Kier alpha value is -2.44. The Labute approximate surface area is 89.3 Å². The summed E-state index contributed by atoms with van der Waals surface area (Å²) < 4.78 is 17.4. The highest BCUT2D eigenvalue weighted by atomic mass is 19.1. The largest absolute Gasteiger partial charge is 0.383 e. The van der Waals surface area contributed by atoms with Gasteiger partial charge in [0.2, 0.25) is 0 Å². The molecule has 0 aliphatic rings. The van der Waals surface area contributed by atoms with Crippen LogP contribution in [-0.2, 0) is 0 Å². The monoisotopic (exact) mass is 222 g/mol. The summed E-state index contributed by atoms with van der Waals surface area (Å²) in [6.07, 6.45) is 2.23. The van der Waals surface area contributed by atoms with E-state index in [1.165, 1.54) is 12.3 Å². The molecule has 0 fully saturated rings. The molecule has 7 heteroatoms. The molecule has 2 aromatic heterocycles. The summed E-state index contributed by atoms with van der Waals surface area (Å²) in [5, 5.41) is 5.85. The fourth-order valence-corrected chi connectivity index (χ4v) is 1.09. The van der Waals surface area contributed by atoms with Gasteiger partial charge in [-0.2, -0.15) is 0 Å². The van der Waals surface area contributed by atoms with Crippen LogP contribution in [0.5, 0.6) is 0 Å². The second kappa shape index (κ2) is 3.97. The number of amides is 1. The van der Waals surface area contributed by atoms with Crippen LogP contribution >= 0.6 is 0 Å². The third kappa shape index (κ3) is 1.97. The number of nitrogens with zero attached hydrogens (tertiary/aromatic N) is 2. The van der Waals surface area contributed by atoms with Gasteiger partial charge in [0.1, 0.15) is 17.9 Å². The molecule has 0 bridgehead atoms. The first-order valence-corrected chi connectivity index (χ1v) is 4.29. The summed E-state index contributed by atoms with van der Waals surface area (Å²) in [6.45, 7) is 0. The SMILES string of the molecule is Nc1ncc(F)cc1C(=O)Nc1ccon1. The van der Waals surface area contributed by atoms with E-state index in [9.17, 15) is 9.18 Å². The fourth-order valence-electron chi connectivity index (χ4n) is 1.09. The minimum atomic E-state index is -0.639. The first-order valence-electron chi connectivity index (χ1n) is 4.29. The van der Waals surface area contributed by atoms with E-state index in [0.29, 0.717) is 0 Å². The van der Waals surface area contributed by atoms with Crippen LogP contribution in [0.2, 0.25) is 0 Å². The van der Waals surface area contributed by atoms with Gasteiger partial charge in [-0.15, -0.1) is 0 Å². The number of nitrogen functional groups attached to an aromatic ring is 1. The van der Waals surface area contributed by atoms with E-state index in [4.69, 9.17) is 5.73 Å². The highest BCUT2D eigenvalue weighted by Gasteiger charge is 2.13. The molecule has 0 aliphatic carbocycles. The van der Waals surface area contributed by atoms with Gasteiger partial charge in [-0.3, -0.25) is 4.79 Å². The maximum Gasteiger partial charge on any atom is 0.260 e. The average Bonchev–Trinajstić information content (AvgIpc) is 2.74. The van der Waals surface area contributed by atoms with Gasteiger partial charge < -0.3 is 15.6 Å². The van der Waals surface area contributed by atoms with Crippen LogP contribution in [0.4, 0.5) is 16.0 Å². The summed E-state index contributed by atoms with van der Waals surface area (Å²) in [6, 6.07) is 2.44. The highest BCUT2D eigenvalue weighted by Crippen LogP contribution is 2.12. The first-order chi connectivity index (χ1) is 7.66. The zero-order valence-electron chi connectivity index (χ0n) is 7.98. The predicted molar refractivity (Wildman–Crippen MR) is 53.1 cm³/mol. The average molecular weight is 222 g/mol. The van der Waals surface area contributed by atoms with Crippen molar-refractivity contribution in [2.24, 2.45) is 0 Å². The number of carbonyl (C=O) groups excluding carboxylic acids is 1. The van der Waals surface area contributed by atoms with Gasteiger partial charge in [-0.25, -0.2) is 9.37 Å². The standard InChI is InChI=1S/C9H7FN4O2/c10-5-3-6(8(11)12-4-5)9(15)13-7-1-2-16-14-7/h1-4H,(H2,11,12)(H,13,14,15). The van der Waals surface area contributed by atoms with Crippen LogP contribution in [0.1, 0.15) is 10.4 Å². The number of nitrogens with one attached hydrogen (secondary N) is 1. The zero-order valence-corrected chi connectivity index (χ0v) is 7.98. The van der Waals surface area contributed by atoms with Crippen molar-refractivity contribution in [1.29, 1.82) is 0 Å². The van der Waals surface area contributed by atoms with E-state index in [0.717, 1.165) is 12.3 Å². The van der Waals surface area contributed by atoms with E-state index in [2.05, 4.69) is 20.0 Å². The van der Waals surface area contributed by atoms with Crippen LogP contribution in [-0.4, -0.2) is 16.0 Å². The molecular weight excluding hydrogens is 215 g/mol. The number of carbonyl (C=O) groups is 1. The molecule has 0 unspecified atom stereocenters. The molecule has 0 spiro atoms. The van der Waals surface area contributed by atoms with E-state index < -0.39 is 11.7 Å². The van der Waals surface area contributed by atoms with Gasteiger partial charge in [-0.05, 0) is 6.07 Å². The molecule has 0 atom stereocenters. The number of rotatable bonds is 2. The molecule has 0 aromatic carbocycles. The lowest BCUT2D eigenvalue weighted by molar-refractivity contribution is 0.102. The number of pyridine rings is 1. The number of hydrogen-bond acceptors (Lipinski definition) is 5. The van der Waals surface area contributed by atoms with Gasteiger partial charge in [0.15, 0.2) is 5.82 Å². The Morgan fingerprint density at radius 3 is 3.06 bits per heavy atom. The quantitative estimate of drug-likeness (QED) is 0.791. The Morgan fingerprint density at radius 2 is 2.38 bits per heavy atom. The maximum atomic E-state index is 12.9. The van der Waals surface area contributed by atoms with Gasteiger partial charge >= 0.3 is 0 Å². The van der Waals surface area contributed by atoms with Crippen molar-refractivity contribution in [1.82, 2.24) is 10.1 Å². The van der Waals surface area contributed by atoms with Crippen molar-refractivity contribution < 1.29 is 13.7 Å². The summed E-state index contributed by atoms with van der Waals surface area (Å²) in [5.41, 5.74) is 5.38. The fraction of sp³-hybridized carbons (Fsp3) is 0. The van der Waals surface area contributed by atoms with Crippen LogP contribution in [0.15, 0.2) is 29.1 Å². The molecule has 2 rings (SSSR count). The van der Waals surface area contributed by atoms with Crippen LogP contribution in [0.25, 0.3) is 0 Å². The van der Waals surface area contributed by atoms with Crippen molar-refractivity contribution >= 4 is 17.5 Å². The van der Waals surface area contributed by atoms with Crippen molar-refractivity contribution in [3.8, 4) is 0 Å². The molecule has 2 heterocycles. The Morgan fingerprint density at radius 1 is 1.56 bits per heavy atom. The Bertz CT molecular complexity index is 512. The van der Waals surface area contributed by atoms with Crippen molar-refractivity contribution in [3.63, 3.8) is 0 Å². The summed E-state index contributed by atoms with van der Waals surface area (Å²) in [4.78, 5) is 15.1. The number of nitrogens with two attached hydrogens (primary N) is 1. The molecule has 0 aliphatic heterocycles. The minimum Gasteiger partial charge on any atom is -0.383 e. The predicted octanol–water partition coefficient (Wildman–Crippen LogP) is 1.04. The molecule has 3 N–H and O–H groups in total. The second-order valence-electron chi connectivity index (χ2n) is 2.93. The molecule has 0 saturated heterocycles. The van der Waals surface area contributed by atoms with Crippen molar-refractivity contribution in [2.45, 2.75) is 0 Å². The highest BCUT2D eigenvalue weighted by molar-refractivity contribution is 6.06. The first kappa shape index (κ1) is 10.1. The second-order valence-corrected chi connectivity index (χ2v) is 2.93. The van der Waals surface area contributed by atoms with Crippen LogP contribution < -0.4 is 11.1 Å². The van der Waals surface area contributed by atoms with Gasteiger partial charge in [-0.1, -0.05) is 5.16 Å². The maximum absolute atomic E-state index is 12.9. The lowest BCUT2D eigenvalue weighted by Gasteiger charge is -2.03. The van der Waals surface area contributed by atoms with E-state index >= 15 is 0 Å². The molecule has 82 valence electrons. The molecule has 2 aromatic rings. The smallest absolute Gasteiger partial charge is 0.260 e. The molecule has 16 heavy (non-hydrogen) atoms.